The first-order valence-electron chi connectivity index (χ1n) is 10.7. The van der Waals surface area contributed by atoms with Crippen LogP contribution in [0, 0.1) is 0 Å². The van der Waals surface area contributed by atoms with Gasteiger partial charge in [0.15, 0.2) is 0 Å². The van der Waals surface area contributed by atoms with Crippen molar-refractivity contribution in [1.29, 1.82) is 0 Å². The second-order valence-corrected chi connectivity index (χ2v) is 9.25. The van der Waals surface area contributed by atoms with E-state index in [2.05, 4.69) is 15.3 Å². The zero-order valence-corrected chi connectivity index (χ0v) is 19.1. The SMILES string of the molecule is C[C@H](c1nc2ccccc2s1)N(C)C(=O)CN1C(=O)N[C@H](Cc2c[nH]c3ccccc23)C1=O. The molecule has 1 aliphatic heterocycles. The molecule has 5 rings (SSSR count). The highest BCUT2D eigenvalue weighted by molar-refractivity contribution is 7.18. The van der Waals surface area contributed by atoms with Crippen molar-refractivity contribution in [2.45, 2.75) is 25.4 Å². The number of nitrogens with zero attached hydrogens (tertiary/aromatic N) is 3. The third-order valence-electron chi connectivity index (χ3n) is 6.14. The van der Waals surface area contributed by atoms with Gasteiger partial charge in [-0.1, -0.05) is 30.3 Å². The van der Waals surface area contributed by atoms with Crippen LogP contribution in [0.25, 0.3) is 21.1 Å². The van der Waals surface area contributed by atoms with Gasteiger partial charge in [-0.25, -0.2) is 9.78 Å². The van der Waals surface area contributed by atoms with E-state index in [1.54, 1.807) is 7.05 Å². The highest BCUT2D eigenvalue weighted by Gasteiger charge is 2.40. The number of carbonyl (C=O) groups is 3. The molecule has 0 radical (unpaired) electrons. The molecule has 2 atom stereocenters. The molecule has 4 aromatic rings. The first kappa shape index (κ1) is 21.1. The fraction of sp³-hybridized carbons (Fsp3) is 0.250. The third-order valence-corrected chi connectivity index (χ3v) is 7.35. The number of likely N-dealkylation sites (N-methyl/N-ethyl adjacent to an activating group) is 1. The number of urea groups is 1. The maximum Gasteiger partial charge on any atom is 0.325 e. The highest BCUT2D eigenvalue weighted by atomic mass is 32.1. The van der Waals surface area contributed by atoms with Crippen LogP contribution in [-0.2, 0) is 16.0 Å². The summed E-state index contributed by atoms with van der Waals surface area (Å²) in [5.41, 5.74) is 2.81. The van der Waals surface area contributed by atoms with Crippen molar-refractivity contribution in [1.82, 2.24) is 25.1 Å². The number of hydrogen-bond donors (Lipinski definition) is 2. The molecule has 4 amide bonds. The topological polar surface area (TPSA) is 98.4 Å². The van der Waals surface area contributed by atoms with Gasteiger partial charge in [0, 0.05) is 30.6 Å². The zero-order valence-electron chi connectivity index (χ0n) is 18.2. The van der Waals surface area contributed by atoms with Crippen LogP contribution in [-0.4, -0.2) is 57.2 Å². The van der Waals surface area contributed by atoms with Crippen molar-refractivity contribution in [3.63, 3.8) is 0 Å². The van der Waals surface area contributed by atoms with Crippen LogP contribution in [0.2, 0.25) is 0 Å². The number of aromatic amines is 1. The van der Waals surface area contributed by atoms with E-state index in [1.807, 2.05) is 61.7 Å². The molecule has 168 valence electrons. The summed E-state index contributed by atoms with van der Waals surface area (Å²) in [6.45, 7) is 1.59. The van der Waals surface area contributed by atoms with E-state index < -0.39 is 12.1 Å². The van der Waals surface area contributed by atoms with Crippen molar-refractivity contribution in [2.75, 3.05) is 13.6 Å². The number of para-hydroxylation sites is 2. The lowest BCUT2D eigenvalue weighted by molar-refractivity contribution is -0.137. The summed E-state index contributed by atoms with van der Waals surface area (Å²) in [5.74, 6) is -0.710. The molecule has 8 nitrogen and oxygen atoms in total. The molecule has 0 spiro atoms. The Balaban J connectivity index is 1.26. The second kappa shape index (κ2) is 8.32. The lowest BCUT2D eigenvalue weighted by atomic mass is 10.1. The number of hydrogen-bond acceptors (Lipinski definition) is 5. The maximum absolute atomic E-state index is 12.9. The van der Waals surface area contributed by atoms with Gasteiger partial charge in [0.1, 0.15) is 17.6 Å². The molecular formula is C24H23N5O3S. The minimum atomic E-state index is -0.698. The van der Waals surface area contributed by atoms with E-state index in [0.717, 1.165) is 36.6 Å². The molecule has 3 heterocycles. The number of rotatable bonds is 6. The van der Waals surface area contributed by atoms with E-state index in [4.69, 9.17) is 0 Å². The molecule has 0 saturated carbocycles. The van der Waals surface area contributed by atoms with E-state index in [9.17, 15) is 14.4 Å². The minimum Gasteiger partial charge on any atom is -0.361 e. The van der Waals surface area contributed by atoms with Crippen molar-refractivity contribution in [2.24, 2.45) is 0 Å². The first-order chi connectivity index (χ1) is 15.9. The molecule has 9 heteroatoms. The molecule has 0 unspecified atom stereocenters. The Morgan fingerprint density at radius 3 is 2.76 bits per heavy atom. The Bertz CT molecular complexity index is 1340. The Kier molecular flexibility index (Phi) is 5.33. The summed E-state index contributed by atoms with van der Waals surface area (Å²) in [4.78, 5) is 48.7. The van der Waals surface area contributed by atoms with Gasteiger partial charge in [0.05, 0.1) is 16.3 Å². The average Bonchev–Trinajstić information content (AvgIpc) is 3.51. The molecule has 1 saturated heterocycles. The fourth-order valence-electron chi connectivity index (χ4n) is 4.08. The van der Waals surface area contributed by atoms with Crippen molar-refractivity contribution < 1.29 is 14.4 Å². The van der Waals surface area contributed by atoms with Gasteiger partial charge in [-0.15, -0.1) is 11.3 Å². The highest BCUT2D eigenvalue weighted by Crippen LogP contribution is 2.29. The molecule has 2 aromatic carbocycles. The summed E-state index contributed by atoms with van der Waals surface area (Å²) < 4.78 is 1.05. The minimum absolute atomic E-state index is 0.280. The first-order valence-corrected chi connectivity index (χ1v) is 11.5. The monoisotopic (exact) mass is 461 g/mol. The van der Waals surface area contributed by atoms with Crippen LogP contribution in [0.1, 0.15) is 23.5 Å². The van der Waals surface area contributed by atoms with Gasteiger partial charge in [-0.3, -0.25) is 14.5 Å². The van der Waals surface area contributed by atoms with Gasteiger partial charge >= 0.3 is 6.03 Å². The van der Waals surface area contributed by atoms with Crippen LogP contribution in [0.5, 0.6) is 0 Å². The number of imide groups is 1. The number of benzene rings is 2. The molecule has 0 aliphatic carbocycles. The van der Waals surface area contributed by atoms with Crippen LogP contribution in [0.15, 0.2) is 54.7 Å². The van der Waals surface area contributed by atoms with E-state index in [0.29, 0.717) is 6.42 Å². The fourth-order valence-corrected chi connectivity index (χ4v) is 5.15. The van der Waals surface area contributed by atoms with Crippen molar-refractivity contribution in [3.8, 4) is 0 Å². The Hall–Kier alpha value is -3.72. The summed E-state index contributed by atoms with van der Waals surface area (Å²) in [6.07, 6.45) is 2.21. The van der Waals surface area contributed by atoms with Gasteiger partial charge in [-0.05, 0) is 30.7 Å². The molecule has 2 N–H and O–H groups in total. The number of carbonyl (C=O) groups excluding carboxylic acids is 3. The zero-order chi connectivity index (χ0) is 23.1. The summed E-state index contributed by atoms with van der Waals surface area (Å²) in [5, 5.41) is 4.54. The number of nitrogens with one attached hydrogen (secondary N) is 2. The van der Waals surface area contributed by atoms with Crippen molar-refractivity contribution >= 4 is 50.3 Å². The number of H-pyrrole nitrogens is 1. The summed E-state index contributed by atoms with van der Waals surface area (Å²) >= 11 is 1.53. The van der Waals surface area contributed by atoms with Crippen LogP contribution < -0.4 is 5.32 Å². The molecule has 0 bridgehead atoms. The standard InChI is InChI=1S/C24H23N5O3S/c1-14(22-26-18-9-5-6-10-20(18)33-22)28(2)21(30)13-29-23(31)19(27-24(29)32)11-15-12-25-17-8-4-3-7-16(15)17/h3-10,12,14,19,25H,11,13H2,1-2H3,(H,27,32)/t14-,19-/m1/s1. The number of aromatic nitrogens is 2. The largest absolute Gasteiger partial charge is 0.361 e. The average molecular weight is 462 g/mol. The Morgan fingerprint density at radius 1 is 1.18 bits per heavy atom. The van der Waals surface area contributed by atoms with E-state index in [-0.39, 0.29) is 24.4 Å². The van der Waals surface area contributed by atoms with E-state index in [1.165, 1.54) is 16.2 Å². The van der Waals surface area contributed by atoms with Gasteiger partial charge in [0.2, 0.25) is 5.91 Å². The van der Waals surface area contributed by atoms with Gasteiger partial charge < -0.3 is 15.2 Å². The van der Waals surface area contributed by atoms with Crippen LogP contribution >= 0.6 is 11.3 Å². The van der Waals surface area contributed by atoms with Gasteiger partial charge in [0.25, 0.3) is 5.91 Å². The Labute approximate surface area is 194 Å². The predicted molar refractivity (Wildman–Crippen MR) is 127 cm³/mol. The molecule has 33 heavy (non-hydrogen) atoms. The van der Waals surface area contributed by atoms with Crippen molar-refractivity contribution in [3.05, 3.63) is 65.3 Å². The smallest absolute Gasteiger partial charge is 0.325 e. The third kappa shape index (κ3) is 3.84. The second-order valence-electron chi connectivity index (χ2n) is 8.19. The number of amides is 4. The molecule has 2 aromatic heterocycles. The summed E-state index contributed by atoms with van der Waals surface area (Å²) in [6, 6.07) is 14.1. The number of thiazole rings is 1. The Morgan fingerprint density at radius 2 is 1.94 bits per heavy atom. The molecule has 1 fully saturated rings. The van der Waals surface area contributed by atoms with Gasteiger partial charge in [-0.2, -0.15) is 0 Å². The lowest BCUT2D eigenvalue weighted by Crippen LogP contribution is -2.42. The molecular weight excluding hydrogens is 438 g/mol. The van der Waals surface area contributed by atoms with Crippen LogP contribution in [0.3, 0.4) is 0 Å². The van der Waals surface area contributed by atoms with E-state index >= 15 is 0 Å². The normalized spacial score (nSPS) is 17.0. The maximum atomic E-state index is 12.9. The van der Waals surface area contributed by atoms with Crippen LogP contribution in [0.4, 0.5) is 4.79 Å². The number of fused-ring (bicyclic) bond motifs is 2. The molecule has 1 aliphatic rings. The quantitative estimate of drug-likeness (QED) is 0.430. The predicted octanol–water partition coefficient (Wildman–Crippen LogP) is 3.46. The lowest BCUT2D eigenvalue weighted by Gasteiger charge is -2.25. The summed E-state index contributed by atoms with van der Waals surface area (Å²) in [7, 11) is 1.67.